The van der Waals surface area contributed by atoms with Gasteiger partial charge in [-0.3, -0.25) is 9.59 Å². The number of halogens is 3. The molecule has 3 aliphatic carbocycles. The van der Waals surface area contributed by atoms with Gasteiger partial charge in [0.2, 0.25) is 0 Å². The van der Waals surface area contributed by atoms with Gasteiger partial charge in [-0.1, -0.05) is 23.2 Å². The lowest BCUT2D eigenvalue weighted by Gasteiger charge is -2.70. The molecule has 0 spiro atoms. The molecule has 1 aromatic heterocycles. The van der Waals surface area contributed by atoms with E-state index in [0.29, 0.717) is 19.3 Å². The molecule has 0 radical (unpaired) electrons. The van der Waals surface area contributed by atoms with Gasteiger partial charge in [-0.25, -0.2) is 14.2 Å². The fourth-order valence-corrected chi connectivity index (χ4v) is 4.54. The highest BCUT2D eigenvalue weighted by Crippen LogP contribution is 2.60. The monoisotopic (exact) mass is 497 g/mol. The van der Waals surface area contributed by atoms with Gasteiger partial charge in [0.25, 0.3) is 11.8 Å². The number of aromatic carboxylic acids is 1. The zero-order valence-electron chi connectivity index (χ0n) is 17.0. The second-order valence-corrected chi connectivity index (χ2v) is 8.92. The summed E-state index contributed by atoms with van der Waals surface area (Å²) in [5.41, 5.74) is -1.02. The number of carbonyl (C=O) groups is 3. The van der Waals surface area contributed by atoms with Crippen LogP contribution in [0, 0.1) is 5.82 Å². The normalized spacial score (nSPS) is 22.4. The lowest BCUT2D eigenvalue weighted by Crippen LogP contribution is -2.84. The molecule has 3 aliphatic rings. The standard InChI is InChI=1S/C21H18Cl2FN3O6/c22-14-2-1-11(4-15(14)24)32-6-16(28)26-20-8-21(9-20,10-20)27-17(29)7-33-12-3-13(19(30)31)18(23)25-5-12/h1-5H,6-10H2,(H,26,28)(H,27,29)(H,30,31). The van der Waals surface area contributed by atoms with Crippen LogP contribution in [0.2, 0.25) is 10.2 Å². The molecule has 0 saturated heterocycles. The van der Waals surface area contributed by atoms with Crippen LogP contribution in [0.15, 0.2) is 30.5 Å². The van der Waals surface area contributed by atoms with Crippen molar-refractivity contribution in [2.24, 2.45) is 0 Å². The van der Waals surface area contributed by atoms with Crippen LogP contribution in [0.4, 0.5) is 4.39 Å². The van der Waals surface area contributed by atoms with Crippen LogP contribution < -0.4 is 20.1 Å². The van der Waals surface area contributed by atoms with Gasteiger partial charge in [0.15, 0.2) is 13.2 Å². The van der Waals surface area contributed by atoms with Crippen LogP contribution >= 0.6 is 23.2 Å². The fraction of sp³-hybridized carbons (Fsp3) is 0.333. The topological polar surface area (TPSA) is 127 Å². The number of carboxylic acids is 1. The molecule has 5 rings (SSSR count). The number of carbonyl (C=O) groups excluding carboxylic acids is 2. The molecule has 0 atom stereocenters. The molecule has 2 aromatic rings. The van der Waals surface area contributed by atoms with Crippen molar-refractivity contribution < 1.29 is 33.4 Å². The predicted molar refractivity (Wildman–Crippen MR) is 114 cm³/mol. The van der Waals surface area contributed by atoms with Crippen molar-refractivity contribution >= 4 is 41.0 Å². The Morgan fingerprint density at radius 1 is 1.00 bits per heavy atom. The molecule has 0 unspecified atom stereocenters. The Bertz CT molecular complexity index is 1130. The van der Waals surface area contributed by atoms with Crippen molar-refractivity contribution in [1.82, 2.24) is 15.6 Å². The van der Waals surface area contributed by atoms with E-state index in [4.69, 9.17) is 37.8 Å². The quantitative estimate of drug-likeness (QED) is 0.454. The second-order valence-electron chi connectivity index (χ2n) is 8.16. The first-order chi connectivity index (χ1) is 15.6. The molecule has 3 N–H and O–H groups in total. The molecule has 1 heterocycles. The van der Waals surface area contributed by atoms with Crippen molar-refractivity contribution in [2.45, 2.75) is 30.3 Å². The molecule has 2 amide bonds. The summed E-state index contributed by atoms with van der Waals surface area (Å²) >= 11 is 11.3. The van der Waals surface area contributed by atoms with Crippen molar-refractivity contribution in [3.05, 3.63) is 52.0 Å². The SMILES string of the molecule is O=C(COc1ccc(Cl)c(F)c1)NC12CC(NC(=O)COc3cnc(Cl)c(C(=O)O)c3)(C1)C2. The summed E-state index contributed by atoms with van der Waals surface area (Å²) in [5.74, 6) is -2.32. The highest BCUT2D eigenvalue weighted by molar-refractivity contribution is 6.32. The number of nitrogens with zero attached hydrogens (tertiary/aromatic N) is 1. The zero-order valence-corrected chi connectivity index (χ0v) is 18.5. The van der Waals surface area contributed by atoms with E-state index in [1.54, 1.807) is 0 Å². The van der Waals surface area contributed by atoms with E-state index in [0.717, 1.165) is 6.07 Å². The molecule has 3 fully saturated rings. The van der Waals surface area contributed by atoms with Crippen molar-refractivity contribution in [3.63, 3.8) is 0 Å². The van der Waals surface area contributed by atoms with E-state index >= 15 is 0 Å². The van der Waals surface area contributed by atoms with E-state index < -0.39 is 22.9 Å². The smallest absolute Gasteiger partial charge is 0.338 e. The summed E-state index contributed by atoms with van der Waals surface area (Å²) in [5, 5.41) is 14.6. The molecule has 2 bridgehead atoms. The Hall–Kier alpha value is -3.11. The van der Waals surface area contributed by atoms with Gasteiger partial charge in [0.05, 0.1) is 11.2 Å². The van der Waals surface area contributed by atoms with Crippen LogP contribution in [-0.2, 0) is 9.59 Å². The number of amides is 2. The number of hydrogen-bond acceptors (Lipinski definition) is 6. The van der Waals surface area contributed by atoms with E-state index in [1.807, 2.05) is 0 Å². The summed E-state index contributed by atoms with van der Waals surface area (Å²) in [6.45, 7) is -0.599. The van der Waals surface area contributed by atoms with Crippen LogP contribution in [-0.4, -0.2) is 52.2 Å². The number of pyridine rings is 1. The number of hydrogen-bond donors (Lipinski definition) is 3. The molecule has 9 nitrogen and oxygen atoms in total. The Balaban J connectivity index is 1.19. The first-order valence-corrected chi connectivity index (χ1v) is 10.6. The second kappa shape index (κ2) is 8.68. The first-order valence-electron chi connectivity index (χ1n) is 9.80. The molecule has 12 heteroatoms. The van der Waals surface area contributed by atoms with E-state index in [1.165, 1.54) is 24.4 Å². The lowest BCUT2D eigenvalue weighted by molar-refractivity contribution is -0.151. The minimum absolute atomic E-state index is 0.0340. The predicted octanol–water partition coefficient (Wildman–Crippen LogP) is 2.59. The maximum atomic E-state index is 13.4. The van der Waals surface area contributed by atoms with Gasteiger partial charge in [-0.05, 0) is 37.5 Å². The molecule has 3 saturated carbocycles. The van der Waals surface area contributed by atoms with Crippen molar-refractivity contribution in [2.75, 3.05) is 13.2 Å². The molecule has 174 valence electrons. The number of aromatic nitrogens is 1. The molecule has 33 heavy (non-hydrogen) atoms. The van der Waals surface area contributed by atoms with E-state index in [9.17, 15) is 18.8 Å². The zero-order chi connectivity index (χ0) is 23.8. The van der Waals surface area contributed by atoms with Gasteiger partial charge in [-0.15, -0.1) is 0 Å². The largest absolute Gasteiger partial charge is 0.484 e. The van der Waals surface area contributed by atoms with Crippen molar-refractivity contribution in [3.8, 4) is 11.5 Å². The van der Waals surface area contributed by atoms with Crippen LogP contribution in [0.5, 0.6) is 11.5 Å². The first kappa shape index (κ1) is 23.1. The van der Waals surface area contributed by atoms with Crippen LogP contribution in [0.3, 0.4) is 0 Å². The minimum Gasteiger partial charge on any atom is -0.484 e. The highest BCUT2D eigenvalue weighted by atomic mass is 35.5. The summed E-state index contributed by atoms with van der Waals surface area (Å²) in [6.07, 6.45) is 2.93. The van der Waals surface area contributed by atoms with E-state index in [2.05, 4.69) is 15.6 Å². The maximum absolute atomic E-state index is 13.4. The Morgan fingerprint density at radius 3 is 2.12 bits per heavy atom. The average Bonchev–Trinajstić information content (AvgIpc) is 2.71. The third kappa shape index (κ3) is 4.96. The van der Waals surface area contributed by atoms with Gasteiger partial charge in [0.1, 0.15) is 28.0 Å². The molecule has 1 aromatic carbocycles. The Morgan fingerprint density at radius 2 is 1.58 bits per heavy atom. The number of ether oxygens (including phenoxy) is 2. The summed E-state index contributed by atoms with van der Waals surface area (Å²) in [4.78, 5) is 39.2. The molecule has 0 aliphatic heterocycles. The fourth-order valence-electron chi connectivity index (χ4n) is 4.24. The van der Waals surface area contributed by atoms with Gasteiger partial charge in [-0.2, -0.15) is 0 Å². The number of benzene rings is 1. The molecular weight excluding hydrogens is 480 g/mol. The number of carboxylic acid groups (broad SMARTS) is 1. The van der Waals surface area contributed by atoms with Crippen LogP contribution in [0.1, 0.15) is 29.6 Å². The Kier molecular flexibility index (Phi) is 6.06. The minimum atomic E-state index is -1.26. The highest BCUT2D eigenvalue weighted by Gasteiger charge is 2.69. The summed E-state index contributed by atoms with van der Waals surface area (Å²) in [7, 11) is 0. The molecular formula is C21H18Cl2FN3O6. The van der Waals surface area contributed by atoms with E-state index in [-0.39, 0.29) is 52.3 Å². The maximum Gasteiger partial charge on any atom is 0.338 e. The van der Waals surface area contributed by atoms with Crippen molar-refractivity contribution in [1.29, 1.82) is 0 Å². The Labute approximate surface area is 197 Å². The number of nitrogens with one attached hydrogen (secondary N) is 2. The van der Waals surface area contributed by atoms with Gasteiger partial charge >= 0.3 is 5.97 Å². The lowest BCUT2D eigenvalue weighted by atomic mass is 9.44. The number of rotatable bonds is 9. The van der Waals surface area contributed by atoms with Crippen LogP contribution in [0.25, 0.3) is 0 Å². The summed E-state index contributed by atoms with van der Waals surface area (Å²) in [6, 6.07) is 5.10. The van der Waals surface area contributed by atoms with Gasteiger partial charge < -0.3 is 25.2 Å². The average molecular weight is 498 g/mol. The third-order valence-corrected chi connectivity index (χ3v) is 6.12. The van der Waals surface area contributed by atoms with Gasteiger partial charge in [0, 0.05) is 17.1 Å². The summed E-state index contributed by atoms with van der Waals surface area (Å²) < 4.78 is 24.0. The third-order valence-electron chi connectivity index (χ3n) is 5.51.